The van der Waals surface area contributed by atoms with Gasteiger partial charge in [-0.2, -0.15) is 0 Å². The smallest absolute Gasteiger partial charge is 0.321 e. The minimum absolute atomic E-state index is 0.0481. The third-order valence-electron chi connectivity index (χ3n) is 4.22. The van der Waals surface area contributed by atoms with Crippen molar-refractivity contribution in [1.82, 2.24) is 9.88 Å². The number of nitrogens with zero attached hydrogens (tertiary/aromatic N) is 2. The first-order chi connectivity index (χ1) is 12.0. The van der Waals surface area contributed by atoms with E-state index in [2.05, 4.69) is 10.3 Å². The summed E-state index contributed by atoms with van der Waals surface area (Å²) in [6.45, 7) is 0.737. The zero-order valence-electron chi connectivity index (χ0n) is 13.4. The van der Waals surface area contributed by atoms with Crippen molar-refractivity contribution in [2.24, 2.45) is 5.92 Å². The predicted octanol–water partition coefficient (Wildman–Crippen LogP) is 3.49. The van der Waals surface area contributed by atoms with Gasteiger partial charge in [-0.05, 0) is 43.2 Å². The number of rotatable bonds is 3. The largest absolute Gasteiger partial charge is 0.324 e. The Hall–Kier alpha value is -2.83. The van der Waals surface area contributed by atoms with E-state index >= 15 is 0 Å². The van der Waals surface area contributed by atoms with Gasteiger partial charge in [0.15, 0.2) is 11.6 Å². The van der Waals surface area contributed by atoms with Gasteiger partial charge in [-0.25, -0.2) is 13.6 Å². The SMILES string of the molecule is O=C(c1ccc(F)cc1)C1CCCN(C(=O)Nc2ccncc2F)C1. The van der Waals surface area contributed by atoms with Crippen molar-refractivity contribution >= 4 is 17.5 Å². The Morgan fingerprint density at radius 1 is 1.16 bits per heavy atom. The van der Waals surface area contributed by atoms with Crippen molar-refractivity contribution in [3.8, 4) is 0 Å². The normalized spacial score (nSPS) is 17.2. The maximum Gasteiger partial charge on any atom is 0.321 e. The molecule has 25 heavy (non-hydrogen) atoms. The number of piperidine rings is 1. The van der Waals surface area contributed by atoms with E-state index in [0.29, 0.717) is 24.9 Å². The molecule has 1 aromatic carbocycles. The maximum absolute atomic E-state index is 13.6. The third-order valence-corrected chi connectivity index (χ3v) is 4.22. The number of halogens is 2. The topological polar surface area (TPSA) is 62.3 Å². The van der Waals surface area contributed by atoms with Crippen LogP contribution in [0.2, 0.25) is 0 Å². The molecular formula is C18H17F2N3O2. The molecular weight excluding hydrogens is 328 g/mol. The van der Waals surface area contributed by atoms with E-state index in [1.807, 2.05) is 0 Å². The van der Waals surface area contributed by atoms with Gasteiger partial charge < -0.3 is 10.2 Å². The minimum atomic E-state index is -0.619. The van der Waals surface area contributed by atoms with Gasteiger partial charge in [-0.15, -0.1) is 0 Å². The molecule has 1 N–H and O–H groups in total. The molecule has 1 unspecified atom stereocenters. The molecule has 0 aliphatic carbocycles. The highest BCUT2D eigenvalue weighted by atomic mass is 19.1. The van der Waals surface area contributed by atoms with Gasteiger partial charge in [0.2, 0.25) is 0 Å². The predicted molar refractivity (Wildman–Crippen MR) is 88.2 cm³/mol. The van der Waals surface area contributed by atoms with Gasteiger partial charge >= 0.3 is 6.03 Å². The van der Waals surface area contributed by atoms with Crippen LogP contribution in [0.4, 0.5) is 19.3 Å². The van der Waals surface area contributed by atoms with Crippen LogP contribution in [-0.4, -0.2) is 34.8 Å². The fraction of sp³-hybridized carbons (Fsp3) is 0.278. The molecule has 0 bridgehead atoms. The average Bonchev–Trinajstić information content (AvgIpc) is 2.64. The molecule has 2 aromatic rings. The zero-order valence-corrected chi connectivity index (χ0v) is 13.4. The lowest BCUT2D eigenvalue weighted by molar-refractivity contribution is 0.0851. The molecule has 7 heteroatoms. The van der Waals surface area contributed by atoms with Gasteiger partial charge in [-0.1, -0.05) is 0 Å². The molecule has 5 nitrogen and oxygen atoms in total. The molecule has 1 aromatic heterocycles. The molecule has 0 radical (unpaired) electrons. The average molecular weight is 345 g/mol. The lowest BCUT2D eigenvalue weighted by atomic mass is 9.90. The Bertz CT molecular complexity index is 780. The molecule has 1 aliphatic heterocycles. The molecule has 1 atom stereocenters. The van der Waals surface area contributed by atoms with Gasteiger partial charge in [0, 0.05) is 30.8 Å². The summed E-state index contributed by atoms with van der Waals surface area (Å²) in [6.07, 6.45) is 3.73. The van der Waals surface area contributed by atoms with E-state index in [9.17, 15) is 18.4 Å². The van der Waals surface area contributed by atoms with Crippen molar-refractivity contribution in [1.29, 1.82) is 0 Å². The van der Waals surface area contributed by atoms with Crippen molar-refractivity contribution in [3.63, 3.8) is 0 Å². The van der Waals surface area contributed by atoms with Crippen LogP contribution >= 0.6 is 0 Å². The lowest BCUT2D eigenvalue weighted by Gasteiger charge is -2.32. The molecule has 1 aliphatic rings. The van der Waals surface area contributed by atoms with Crippen molar-refractivity contribution in [2.45, 2.75) is 12.8 Å². The van der Waals surface area contributed by atoms with E-state index in [4.69, 9.17) is 0 Å². The highest BCUT2D eigenvalue weighted by Gasteiger charge is 2.29. The maximum atomic E-state index is 13.6. The summed E-state index contributed by atoms with van der Waals surface area (Å²) >= 11 is 0. The van der Waals surface area contributed by atoms with Gasteiger partial charge in [0.25, 0.3) is 0 Å². The van der Waals surface area contributed by atoms with Gasteiger partial charge in [0.05, 0.1) is 11.9 Å². The van der Waals surface area contributed by atoms with Crippen molar-refractivity contribution in [3.05, 3.63) is 59.9 Å². The quantitative estimate of drug-likeness (QED) is 0.866. The zero-order chi connectivity index (χ0) is 17.8. The summed E-state index contributed by atoms with van der Waals surface area (Å²) in [6, 6.07) is 6.30. The van der Waals surface area contributed by atoms with E-state index in [1.165, 1.54) is 41.4 Å². The number of aromatic nitrogens is 1. The Labute approximate surface area is 143 Å². The number of carbonyl (C=O) groups is 2. The number of pyridine rings is 1. The second kappa shape index (κ2) is 7.38. The van der Waals surface area contributed by atoms with Crippen molar-refractivity contribution < 1.29 is 18.4 Å². The second-order valence-corrected chi connectivity index (χ2v) is 5.94. The number of anilines is 1. The molecule has 130 valence electrons. The van der Waals surface area contributed by atoms with Crippen LogP contribution in [0.25, 0.3) is 0 Å². The Balaban J connectivity index is 1.66. The number of hydrogen-bond acceptors (Lipinski definition) is 3. The molecule has 1 fully saturated rings. The van der Waals surface area contributed by atoms with E-state index in [0.717, 1.165) is 6.20 Å². The lowest BCUT2D eigenvalue weighted by Crippen LogP contribution is -2.44. The van der Waals surface area contributed by atoms with Crippen LogP contribution in [0, 0.1) is 17.6 Å². The highest BCUT2D eigenvalue weighted by molar-refractivity contribution is 5.98. The molecule has 2 heterocycles. The van der Waals surface area contributed by atoms with Crippen LogP contribution in [0.3, 0.4) is 0 Å². The summed E-state index contributed by atoms with van der Waals surface area (Å²) < 4.78 is 26.6. The third kappa shape index (κ3) is 3.99. The Morgan fingerprint density at radius 3 is 2.64 bits per heavy atom. The molecule has 0 spiro atoms. The Kier molecular flexibility index (Phi) is 5.02. The number of nitrogens with one attached hydrogen (secondary N) is 1. The number of Topliss-reactive ketones (excluding diaryl/α,β-unsaturated/α-hetero) is 1. The first-order valence-electron chi connectivity index (χ1n) is 8.00. The molecule has 0 saturated carbocycles. The van der Waals surface area contributed by atoms with Crippen LogP contribution in [0.5, 0.6) is 0 Å². The minimum Gasteiger partial charge on any atom is -0.324 e. The number of benzene rings is 1. The fourth-order valence-electron chi connectivity index (χ4n) is 2.90. The Morgan fingerprint density at radius 2 is 1.92 bits per heavy atom. The highest BCUT2D eigenvalue weighted by Crippen LogP contribution is 2.22. The molecule has 1 saturated heterocycles. The van der Waals surface area contributed by atoms with E-state index in [-0.39, 0.29) is 23.9 Å². The van der Waals surface area contributed by atoms with Crippen LogP contribution in [-0.2, 0) is 0 Å². The first-order valence-corrected chi connectivity index (χ1v) is 8.00. The van der Waals surface area contributed by atoms with Crippen LogP contribution in [0.1, 0.15) is 23.2 Å². The second-order valence-electron chi connectivity index (χ2n) is 5.94. The number of carbonyl (C=O) groups excluding carboxylic acids is 2. The summed E-state index contributed by atoms with van der Waals surface area (Å²) in [5.41, 5.74) is 0.473. The number of urea groups is 1. The van der Waals surface area contributed by atoms with Gasteiger partial charge in [-0.3, -0.25) is 9.78 Å². The summed E-state index contributed by atoms with van der Waals surface area (Å²) in [4.78, 5) is 30.0. The number of hydrogen-bond donors (Lipinski definition) is 1. The van der Waals surface area contributed by atoms with Gasteiger partial charge in [0.1, 0.15) is 5.82 Å². The van der Waals surface area contributed by atoms with Crippen LogP contribution < -0.4 is 5.32 Å². The standard InChI is InChI=1S/C18H17F2N3O2/c19-14-5-3-12(4-6-14)17(24)13-2-1-9-23(11-13)18(25)22-16-7-8-21-10-15(16)20/h3-8,10,13H,1-2,9,11H2,(H,21,22,25). The number of ketones is 1. The first kappa shape index (κ1) is 17.0. The van der Waals surface area contributed by atoms with E-state index < -0.39 is 17.7 Å². The van der Waals surface area contributed by atoms with Crippen LogP contribution in [0.15, 0.2) is 42.7 Å². The van der Waals surface area contributed by atoms with E-state index in [1.54, 1.807) is 0 Å². The summed E-state index contributed by atoms with van der Waals surface area (Å²) in [5, 5.41) is 2.50. The fourth-order valence-corrected chi connectivity index (χ4v) is 2.90. The molecule has 3 rings (SSSR count). The summed E-state index contributed by atoms with van der Waals surface area (Å²) in [5.74, 6) is -1.49. The molecule has 2 amide bonds. The monoisotopic (exact) mass is 345 g/mol. The summed E-state index contributed by atoms with van der Waals surface area (Å²) in [7, 11) is 0. The van der Waals surface area contributed by atoms with Crippen molar-refractivity contribution in [2.75, 3.05) is 18.4 Å². The number of amides is 2. The number of likely N-dealkylation sites (tertiary alicyclic amines) is 1.